The second kappa shape index (κ2) is 9.14. The summed E-state index contributed by atoms with van der Waals surface area (Å²) < 4.78 is 45.5. The van der Waals surface area contributed by atoms with Gasteiger partial charge < -0.3 is 23.7 Å². The van der Waals surface area contributed by atoms with Crippen molar-refractivity contribution in [3.05, 3.63) is 34.3 Å². The first-order valence-corrected chi connectivity index (χ1v) is 10.5. The predicted molar refractivity (Wildman–Crippen MR) is 107 cm³/mol. The quantitative estimate of drug-likeness (QED) is 0.598. The minimum atomic E-state index is -2.96. The van der Waals surface area contributed by atoms with Crippen LogP contribution < -0.4 is 10.1 Å². The van der Waals surface area contributed by atoms with Gasteiger partial charge in [0.15, 0.2) is 0 Å². The van der Waals surface area contributed by atoms with Crippen LogP contribution in [0, 0.1) is 6.92 Å². The molecule has 0 spiro atoms. The molecule has 1 heterocycles. The molecular formula is C18H22F2N3O4S2-. The summed E-state index contributed by atoms with van der Waals surface area (Å²) in [5, 5.41) is 12.5. The summed E-state index contributed by atoms with van der Waals surface area (Å²) in [6, 6.07) is 1.93. The smallest absolute Gasteiger partial charge is 0.387 e. The second-order valence-electron chi connectivity index (χ2n) is 7.06. The molecule has 0 aliphatic rings. The number of aliphatic hydroxyl groups is 1. The van der Waals surface area contributed by atoms with Crippen molar-refractivity contribution in [2.75, 3.05) is 5.32 Å². The number of hydrogen-bond acceptors (Lipinski definition) is 7. The molecule has 0 radical (unpaired) electrons. The summed E-state index contributed by atoms with van der Waals surface area (Å²) in [4.78, 5) is 16.7. The van der Waals surface area contributed by atoms with E-state index in [-0.39, 0.29) is 16.0 Å². The topological polar surface area (TPSA) is 101 Å². The lowest BCUT2D eigenvalue weighted by atomic mass is 9.97. The van der Waals surface area contributed by atoms with Crippen LogP contribution in [0.1, 0.15) is 49.6 Å². The Kier molecular flexibility index (Phi) is 7.30. The molecule has 0 fully saturated rings. The number of nitrogens with zero attached hydrogens (tertiary/aromatic N) is 2. The van der Waals surface area contributed by atoms with Gasteiger partial charge in [0.05, 0.1) is 10.5 Å². The number of benzene rings is 1. The van der Waals surface area contributed by atoms with E-state index in [1.807, 2.05) is 13.8 Å². The van der Waals surface area contributed by atoms with Crippen molar-refractivity contribution in [1.82, 2.24) is 4.98 Å². The van der Waals surface area contributed by atoms with E-state index in [4.69, 9.17) is 0 Å². The maximum atomic E-state index is 12.5. The molecule has 0 atom stereocenters. The predicted octanol–water partition coefficient (Wildman–Crippen LogP) is 5.14. The molecule has 0 aliphatic carbocycles. The molecule has 2 amide bonds. The standard InChI is InChI=1S/C18H22F2N3O4S2/c1-9(2)12-7-11(27-15(19)20)6-10(3)14(12)22-16(24)23-29(26)17-21-8-13(28-17)18(4,5)25/h6-9,15,25H,1-5H3,(H,22,24)/q-1. The van der Waals surface area contributed by atoms with Gasteiger partial charge in [0.1, 0.15) is 5.75 Å². The summed E-state index contributed by atoms with van der Waals surface area (Å²) in [5.74, 6) is -0.120. The Hall–Kier alpha value is -2.11. The molecule has 2 N–H and O–H groups in total. The first-order valence-electron chi connectivity index (χ1n) is 8.61. The first-order chi connectivity index (χ1) is 13.4. The SMILES string of the molecule is Cc1cc(OC(F)F)cc(C(C)C)c1NC(=O)N=[S-](=O)c1ncc(C(C)(C)O)s1. The number of carbonyl (C=O) groups is 1. The number of aromatic nitrogens is 1. The van der Waals surface area contributed by atoms with Crippen LogP contribution in [0.4, 0.5) is 19.3 Å². The van der Waals surface area contributed by atoms with E-state index in [1.165, 1.54) is 18.3 Å². The monoisotopic (exact) mass is 446 g/mol. The Morgan fingerprint density at radius 2 is 2.03 bits per heavy atom. The van der Waals surface area contributed by atoms with E-state index >= 15 is 0 Å². The molecule has 1 aromatic heterocycles. The zero-order valence-electron chi connectivity index (χ0n) is 16.5. The van der Waals surface area contributed by atoms with Crippen molar-refractivity contribution in [3.63, 3.8) is 0 Å². The van der Waals surface area contributed by atoms with Crippen LogP contribution in [0.15, 0.2) is 27.0 Å². The number of amides is 2. The number of ether oxygens (including phenoxy) is 1. The largest absolute Gasteiger partial charge is 0.437 e. The fourth-order valence-electron chi connectivity index (χ4n) is 2.44. The van der Waals surface area contributed by atoms with E-state index in [2.05, 4.69) is 19.4 Å². The number of nitrogens with one attached hydrogen (secondary N) is 1. The number of halogens is 2. The van der Waals surface area contributed by atoms with Gasteiger partial charge in [-0.1, -0.05) is 13.8 Å². The van der Waals surface area contributed by atoms with E-state index in [1.54, 1.807) is 20.8 Å². The Morgan fingerprint density at radius 3 is 2.55 bits per heavy atom. The highest BCUT2D eigenvalue weighted by molar-refractivity contribution is 7.77. The molecule has 0 saturated heterocycles. The third kappa shape index (κ3) is 6.18. The third-order valence-corrected chi connectivity index (χ3v) is 6.34. The lowest BCUT2D eigenvalue weighted by Crippen LogP contribution is -2.12. The lowest BCUT2D eigenvalue weighted by Gasteiger charge is -2.18. The highest BCUT2D eigenvalue weighted by Crippen LogP contribution is 2.33. The maximum Gasteiger partial charge on any atom is 0.387 e. The summed E-state index contributed by atoms with van der Waals surface area (Å²) in [5.41, 5.74) is 0.324. The van der Waals surface area contributed by atoms with Crippen molar-refractivity contribution < 1.29 is 27.6 Å². The molecule has 1 aromatic carbocycles. The van der Waals surface area contributed by atoms with Crippen molar-refractivity contribution in [1.29, 1.82) is 0 Å². The fourth-order valence-corrected chi connectivity index (χ4v) is 4.18. The molecule has 11 heteroatoms. The zero-order chi connectivity index (χ0) is 21.9. The van der Waals surface area contributed by atoms with Gasteiger partial charge in [-0.2, -0.15) is 8.78 Å². The van der Waals surface area contributed by atoms with Crippen molar-refractivity contribution in [2.24, 2.45) is 4.36 Å². The van der Waals surface area contributed by atoms with Crippen molar-refractivity contribution >= 4 is 33.7 Å². The number of carbonyl (C=O) groups excluding carboxylic acids is 1. The summed E-state index contributed by atoms with van der Waals surface area (Å²) in [6.07, 6.45) is 1.38. The Labute approximate surface area is 173 Å². The lowest BCUT2D eigenvalue weighted by molar-refractivity contribution is -0.0499. The fraction of sp³-hybridized carbons (Fsp3) is 0.444. The van der Waals surface area contributed by atoms with Crippen LogP contribution in [-0.4, -0.2) is 22.7 Å². The normalized spacial score (nSPS) is 13.2. The van der Waals surface area contributed by atoms with Crippen molar-refractivity contribution in [3.8, 4) is 5.75 Å². The number of thiazole rings is 1. The highest BCUT2D eigenvalue weighted by atomic mass is 32.2. The van der Waals surface area contributed by atoms with Crippen LogP contribution >= 0.6 is 11.3 Å². The zero-order valence-corrected chi connectivity index (χ0v) is 18.2. The first kappa shape index (κ1) is 23.2. The Balaban J connectivity index is 2.28. The van der Waals surface area contributed by atoms with Gasteiger partial charge in [0, 0.05) is 16.2 Å². The minimum absolute atomic E-state index is 0.0124. The summed E-state index contributed by atoms with van der Waals surface area (Å²) in [7, 11) is -2.05. The van der Waals surface area contributed by atoms with Gasteiger partial charge in [0.25, 0.3) is 0 Å². The van der Waals surface area contributed by atoms with Gasteiger partial charge in [-0.25, -0.2) is 4.79 Å². The number of hydrogen-bond donors (Lipinski definition) is 2. The van der Waals surface area contributed by atoms with Gasteiger partial charge in [-0.3, -0.25) is 4.98 Å². The summed E-state index contributed by atoms with van der Waals surface area (Å²) >= 11 is 0.992. The molecule has 160 valence electrons. The molecule has 7 nitrogen and oxygen atoms in total. The van der Waals surface area contributed by atoms with Crippen LogP contribution in [-0.2, 0) is 20.4 Å². The second-order valence-corrected chi connectivity index (χ2v) is 9.41. The molecule has 29 heavy (non-hydrogen) atoms. The number of rotatable bonds is 6. The van der Waals surface area contributed by atoms with Crippen LogP contribution in [0.25, 0.3) is 0 Å². The van der Waals surface area contributed by atoms with E-state index in [0.717, 1.165) is 11.3 Å². The number of alkyl halides is 2. The number of urea groups is 1. The van der Waals surface area contributed by atoms with Gasteiger partial charge >= 0.3 is 12.6 Å². The summed E-state index contributed by atoms with van der Waals surface area (Å²) in [6.45, 7) is 5.47. The van der Waals surface area contributed by atoms with E-state index < -0.39 is 28.8 Å². The van der Waals surface area contributed by atoms with E-state index in [0.29, 0.717) is 21.7 Å². The van der Waals surface area contributed by atoms with E-state index in [9.17, 15) is 22.9 Å². The van der Waals surface area contributed by atoms with Crippen LogP contribution in [0.2, 0.25) is 0 Å². The molecule has 0 saturated carbocycles. The number of aryl methyl sites for hydroxylation is 1. The Bertz CT molecular complexity index is 978. The molecule has 2 aromatic rings. The number of anilines is 1. The van der Waals surface area contributed by atoms with Crippen molar-refractivity contribution in [2.45, 2.75) is 57.1 Å². The molecule has 0 bridgehead atoms. The molecule has 0 unspecified atom stereocenters. The molecule has 2 rings (SSSR count). The van der Waals surface area contributed by atoms with Gasteiger partial charge in [-0.05, 0) is 49.9 Å². The molecule has 0 aliphatic heterocycles. The third-order valence-electron chi connectivity index (χ3n) is 3.82. The van der Waals surface area contributed by atoms with Gasteiger partial charge in [0.2, 0.25) is 0 Å². The Morgan fingerprint density at radius 1 is 1.38 bits per heavy atom. The average molecular weight is 447 g/mol. The van der Waals surface area contributed by atoms with Crippen LogP contribution in [0.5, 0.6) is 5.75 Å². The van der Waals surface area contributed by atoms with Gasteiger partial charge in [-0.15, -0.1) is 21.9 Å². The molecular weight excluding hydrogens is 424 g/mol. The minimum Gasteiger partial charge on any atom is -0.437 e. The highest BCUT2D eigenvalue weighted by Gasteiger charge is 2.18. The average Bonchev–Trinajstić information content (AvgIpc) is 3.06. The van der Waals surface area contributed by atoms with Crippen LogP contribution in [0.3, 0.4) is 0 Å². The maximum absolute atomic E-state index is 12.5.